The Bertz CT molecular complexity index is 312. The fraction of sp³-hybridized carbons (Fsp3) is 0.625. The van der Waals surface area contributed by atoms with Gasteiger partial charge in [0.15, 0.2) is 5.78 Å². The standard InChI is InChI=1S/C8H16NO6P/c1-4-6(16(13,14)15)9(12)7(5(2)3)8(10)11/h4-7,12H,1H2,2-3H3,(H,10,11)(H2,13,14,15). The van der Waals surface area contributed by atoms with Crippen LogP contribution in [0.1, 0.15) is 13.8 Å². The van der Waals surface area contributed by atoms with Crippen molar-refractivity contribution in [3.8, 4) is 0 Å². The minimum Gasteiger partial charge on any atom is -0.480 e. The van der Waals surface area contributed by atoms with Crippen LogP contribution in [0.4, 0.5) is 0 Å². The van der Waals surface area contributed by atoms with Gasteiger partial charge < -0.3 is 20.1 Å². The predicted octanol–water partition coefficient (Wildman–Crippen LogP) is 0.477. The number of carbonyl (C=O) groups is 1. The maximum atomic E-state index is 11.0. The third kappa shape index (κ3) is 3.70. The molecule has 16 heavy (non-hydrogen) atoms. The highest BCUT2D eigenvalue weighted by molar-refractivity contribution is 7.52. The van der Waals surface area contributed by atoms with Crippen LogP contribution in [0.2, 0.25) is 0 Å². The Kier molecular flexibility index (Phi) is 5.31. The normalized spacial score (nSPS) is 16.2. The van der Waals surface area contributed by atoms with E-state index in [9.17, 15) is 14.6 Å². The Morgan fingerprint density at radius 3 is 2.06 bits per heavy atom. The lowest BCUT2D eigenvalue weighted by atomic mass is 10.0. The minimum atomic E-state index is -4.67. The van der Waals surface area contributed by atoms with Gasteiger partial charge in [-0.15, -0.1) is 6.58 Å². The maximum Gasteiger partial charge on any atom is 0.348 e. The summed E-state index contributed by atoms with van der Waals surface area (Å²) in [5.41, 5.74) is 0. The van der Waals surface area contributed by atoms with Crippen LogP contribution in [0.15, 0.2) is 12.7 Å². The first-order valence-corrected chi connectivity index (χ1v) is 6.18. The topological polar surface area (TPSA) is 118 Å². The van der Waals surface area contributed by atoms with Gasteiger partial charge >= 0.3 is 13.6 Å². The SMILES string of the molecule is C=CC(N(O)C(C(=O)O)C(C)C)P(=O)(O)O. The molecule has 4 N–H and O–H groups in total. The molecule has 0 aliphatic heterocycles. The zero-order valence-corrected chi connectivity index (χ0v) is 9.91. The largest absolute Gasteiger partial charge is 0.480 e. The first kappa shape index (κ1) is 15.3. The number of carboxylic acid groups (broad SMARTS) is 1. The van der Waals surface area contributed by atoms with Gasteiger partial charge in [-0.3, -0.25) is 9.36 Å². The van der Waals surface area contributed by atoms with Gasteiger partial charge in [-0.2, -0.15) is 5.06 Å². The molecule has 0 amide bonds. The van der Waals surface area contributed by atoms with Gasteiger partial charge in [0, 0.05) is 0 Å². The van der Waals surface area contributed by atoms with Crippen LogP contribution in [0.3, 0.4) is 0 Å². The molecule has 0 aromatic carbocycles. The van der Waals surface area contributed by atoms with Gasteiger partial charge in [-0.25, -0.2) is 0 Å². The van der Waals surface area contributed by atoms with E-state index in [1.165, 1.54) is 13.8 Å². The molecule has 0 heterocycles. The zero-order valence-electron chi connectivity index (χ0n) is 9.02. The van der Waals surface area contributed by atoms with E-state index in [2.05, 4.69) is 6.58 Å². The van der Waals surface area contributed by atoms with E-state index < -0.39 is 31.3 Å². The summed E-state index contributed by atoms with van der Waals surface area (Å²) in [6.45, 7) is 6.19. The minimum absolute atomic E-state index is 0.140. The van der Waals surface area contributed by atoms with Gasteiger partial charge in [-0.05, 0) is 5.92 Å². The lowest BCUT2D eigenvalue weighted by molar-refractivity contribution is -0.177. The number of carboxylic acids is 1. The summed E-state index contributed by atoms with van der Waals surface area (Å²) in [6.07, 6.45) is 0.819. The van der Waals surface area contributed by atoms with Gasteiger partial charge in [0.2, 0.25) is 0 Å². The second-order valence-corrected chi connectivity index (χ2v) is 5.35. The molecular formula is C8H16NO6P. The molecular weight excluding hydrogens is 237 g/mol. The number of nitrogens with zero attached hydrogens (tertiary/aromatic N) is 1. The van der Waals surface area contributed by atoms with Crippen molar-refractivity contribution in [2.75, 3.05) is 0 Å². The highest BCUT2D eigenvalue weighted by Crippen LogP contribution is 2.44. The molecule has 0 saturated carbocycles. The van der Waals surface area contributed by atoms with E-state index in [0.29, 0.717) is 0 Å². The first-order valence-electron chi connectivity index (χ1n) is 4.50. The molecule has 2 atom stereocenters. The molecule has 0 spiro atoms. The number of aliphatic carboxylic acids is 1. The molecule has 0 radical (unpaired) electrons. The third-order valence-corrected chi connectivity index (χ3v) is 3.13. The van der Waals surface area contributed by atoms with Gasteiger partial charge in [0.05, 0.1) is 0 Å². The van der Waals surface area contributed by atoms with Crippen LogP contribution >= 0.6 is 7.60 Å². The third-order valence-electron chi connectivity index (χ3n) is 2.00. The van der Waals surface area contributed by atoms with Crippen LogP contribution in [0.5, 0.6) is 0 Å². The Morgan fingerprint density at radius 2 is 1.88 bits per heavy atom. The van der Waals surface area contributed by atoms with Crippen molar-refractivity contribution in [3.05, 3.63) is 12.7 Å². The fourth-order valence-corrected chi connectivity index (χ4v) is 1.99. The second kappa shape index (κ2) is 5.56. The molecule has 0 saturated heterocycles. The van der Waals surface area contributed by atoms with Gasteiger partial charge in [0.25, 0.3) is 0 Å². The summed E-state index contributed by atoms with van der Waals surface area (Å²) >= 11 is 0. The van der Waals surface area contributed by atoms with Crippen molar-refractivity contribution in [1.29, 1.82) is 0 Å². The van der Waals surface area contributed by atoms with E-state index in [4.69, 9.17) is 14.9 Å². The molecule has 8 heteroatoms. The molecule has 7 nitrogen and oxygen atoms in total. The highest BCUT2D eigenvalue weighted by Gasteiger charge is 2.39. The summed E-state index contributed by atoms with van der Waals surface area (Å²) < 4.78 is 11.0. The van der Waals surface area contributed by atoms with Crippen LogP contribution in [-0.4, -0.2) is 43.0 Å². The molecule has 0 fully saturated rings. The summed E-state index contributed by atoms with van der Waals surface area (Å²) in [5, 5.41) is 18.5. The number of rotatable bonds is 6. The van der Waals surface area contributed by atoms with E-state index in [1.807, 2.05) is 0 Å². The van der Waals surface area contributed by atoms with Crippen molar-refractivity contribution in [1.82, 2.24) is 5.06 Å². The van der Waals surface area contributed by atoms with Crippen LogP contribution in [0.25, 0.3) is 0 Å². The number of hydrogen-bond acceptors (Lipinski definition) is 4. The zero-order chi connectivity index (χ0) is 13.1. The molecule has 0 rings (SSSR count). The molecule has 94 valence electrons. The highest BCUT2D eigenvalue weighted by atomic mass is 31.2. The monoisotopic (exact) mass is 253 g/mol. The molecule has 0 aliphatic carbocycles. The summed E-state index contributed by atoms with van der Waals surface area (Å²) in [4.78, 5) is 28.7. The number of hydroxylamine groups is 2. The quantitative estimate of drug-likeness (QED) is 0.309. The van der Waals surface area contributed by atoms with Crippen LogP contribution in [-0.2, 0) is 9.36 Å². The Hall–Kier alpha value is -0.720. The van der Waals surface area contributed by atoms with E-state index in [-0.39, 0.29) is 5.06 Å². The van der Waals surface area contributed by atoms with E-state index in [1.54, 1.807) is 0 Å². The van der Waals surface area contributed by atoms with Crippen molar-refractivity contribution < 1.29 is 29.5 Å². The van der Waals surface area contributed by atoms with Crippen LogP contribution < -0.4 is 0 Å². The lowest BCUT2D eigenvalue weighted by Crippen LogP contribution is -2.47. The van der Waals surface area contributed by atoms with Crippen molar-refractivity contribution >= 4 is 13.6 Å². The summed E-state index contributed by atoms with van der Waals surface area (Å²) in [5.74, 6) is -3.61. The Labute approximate surface area is 93.1 Å². The molecule has 0 bridgehead atoms. The van der Waals surface area contributed by atoms with Gasteiger partial charge in [-0.1, -0.05) is 19.9 Å². The lowest BCUT2D eigenvalue weighted by Gasteiger charge is -2.30. The van der Waals surface area contributed by atoms with Crippen LogP contribution in [0, 0.1) is 5.92 Å². The van der Waals surface area contributed by atoms with E-state index >= 15 is 0 Å². The molecule has 2 unspecified atom stereocenters. The van der Waals surface area contributed by atoms with Crippen molar-refractivity contribution in [3.63, 3.8) is 0 Å². The number of hydrogen-bond donors (Lipinski definition) is 4. The molecule has 0 aromatic rings. The predicted molar refractivity (Wildman–Crippen MR) is 55.9 cm³/mol. The fourth-order valence-electron chi connectivity index (χ4n) is 1.27. The van der Waals surface area contributed by atoms with Gasteiger partial charge in [0.1, 0.15) is 6.04 Å². The van der Waals surface area contributed by atoms with Crippen molar-refractivity contribution in [2.24, 2.45) is 5.92 Å². The van der Waals surface area contributed by atoms with Crippen molar-refractivity contribution in [2.45, 2.75) is 25.7 Å². The Morgan fingerprint density at radius 1 is 1.44 bits per heavy atom. The average Bonchev–Trinajstić information content (AvgIpc) is 1.99. The summed E-state index contributed by atoms with van der Waals surface area (Å²) in [7, 11) is -4.67. The molecule has 0 aliphatic rings. The average molecular weight is 253 g/mol. The maximum absolute atomic E-state index is 11.0. The Balaban J connectivity index is 5.13. The summed E-state index contributed by atoms with van der Waals surface area (Å²) in [6, 6.07) is -1.41. The smallest absolute Gasteiger partial charge is 0.348 e. The second-order valence-electron chi connectivity index (χ2n) is 3.65. The first-order chi connectivity index (χ1) is 7.12. The van der Waals surface area contributed by atoms with E-state index in [0.717, 1.165) is 6.08 Å². The molecule has 0 aromatic heterocycles.